The van der Waals surface area contributed by atoms with Gasteiger partial charge in [-0.1, -0.05) is 258 Å². The van der Waals surface area contributed by atoms with Crippen LogP contribution in [0.15, 0.2) is 97.1 Å². The first-order chi connectivity index (χ1) is 66.0. The maximum atomic E-state index is 12.0. The van der Waals surface area contributed by atoms with Crippen molar-refractivity contribution < 1.29 is 85.6 Å². The second kappa shape index (κ2) is 93.1. The molecular weight excluding hydrogens is 1740 g/mol. The molecule has 0 radical (unpaired) electrons. The highest BCUT2D eigenvalue weighted by Crippen LogP contribution is 2.21. The Morgan fingerprint density at radius 3 is 0.855 bits per heavy atom. The minimum atomic E-state index is 0.0173. The maximum Gasteiger partial charge on any atom is 0.224 e. The van der Waals surface area contributed by atoms with E-state index in [0.29, 0.717) is 273 Å². The van der Waals surface area contributed by atoms with Crippen molar-refractivity contribution in [1.82, 2.24) is 16.0 Å². The van der Waals surface area contributed by atoms with E-state index < -0.39 is 0 Å². The van der Waals surface area contributed by atoms with Gasteiger partial charge in [0.05, 0.1) is 106 Å². The van der Waals surface area contributed by atoms with Gasteiger partial charge in [0.15, 0.2) is 0 Å². The number of rotatable bonds is 79. The molecule has 0 heterocycles. The van der Waals surface area contributed by atoms with E-state index in [0.717, 1.165) is 158 Å². The number of hydrogen-bond acceptors (Lipinski definition) is 19. The van der Waals surface area contributed by atoms with Gasteiger partial charge >= 0.3 is 0 Å². The Balaban J connectivity index is 0. The van der Waals surface area contributed by atoms with Crippen molar-refractivity contribution in [1.29, 1.82) is 0 Å². The molecule has 4 N–H and O–H groups in total. The van der Waals surface area contributed by atoms with E-state index in [2.05, 4.69) is 272 Å². The van der Waals surface area contributed by atoms with E-state index in [9.17, 15) is 28.8 Å². The molecule has 0 saturated carbocycles. The summed E-state index contributed by atoms with van der Waals surface area (Å²) < 4.78 is 65.6. The van der Waals surface area contributed by atoms with Gasteiger partial charge in [0.1, 0.15) is 17.3 Å². The fraction of sp³-hybridized carbons (Fsp3) is 0.741. The molecular formula is C116H204N4O18. The van der Waals surface area contributed by atoms with Crippen LogP contribution < -0.4 is 21.3 Å². The first-order valence-electron chi connectivity index (χ1n) is 53.4. The third-order valence-electron chi connectivity index (χ3n) is 22.0. The number of ketones is 3. The molecule has 3 amide bonds. The highest BCUT2D eigenvalue weighted by atomic mass is 16.5. The van der Waals surface area contributed by atoms with Crippen molar-refractivity contribution >= 4 is 40.8 Å². The Morgan fingerprint density at radius 2 is 0.507 bits per heavy atom. The molecule has 796 valence electrons. The third kappa shape index (κ3) is 93.4. The topological polar surface area (TPSA) is 261 Å². The van der Waals surface area contributed by atoms with Crippen molar-refractivity contribution in [2.75, 3.05) is 184 Å². The summed E-state index contributed by atoms with van der Waals surface area (Å²) in [6, 6.07) is 33.2. The number of amides is 3. The monoisotopic (exact) mass is 1940 g/mol. The molecule has 0 spiro atoms. The number of carbonyl (C=O) groups excluding carboxylic acids is 6. The predicted molar refractivity (Wildman–Crippen MR) is 572 cm³/mol. The lowest BCUT2D eigenvalue weighted by molar-refractivity contribution is -0.123. The molecule has 0 saturated heterocycles. The first-order valence-corrected chi connectivity index (χ1v) is 53.4. The number of hydrogen-bond donors (Lipinski definition) is 4. The molecule has 0 fully saturated rings. The molecule has 0 unspecified atom stereocenters. The Hall–Kier alpha value is -6.22. The minimum absolute atomic E-state index is 0.0173. The molecule has 22 nitrogen and oxygen atoms in total. The molecule has 138 heavy (non-hydrogen) atoms. The lowest BCUT2D eigenvalue weighted by Gasteiger charge is -2.09. The van der Waals surface area contributed by atoms with Crippen LogP contribution in [0.1, 0.15) is 357 Å². The molecule has 0 aliphatic carbocycles. The first kappa shape index (κ1) is 134. The average molecular weight is 1940 g/mol. The van der Waals surface area contributed by atoms with Crippen molar-refractivity contribution in [3.8, 4) is 0 Å². The Morgan fingerprint density at radius 1 is 0.225 bits per heavy atom. The second-order valence-electron chi connectivity index (χ2n) is 40.7. The number of Topliss-reactive ketones (excluding diaryl/α,β-unsaturated/α-hetero) is 3. The van der Waals surface area contributed by atoms with Gasteiger partial charge in [-0.25, -0.2) is 0 Å². The van der Waals surface area contributed by atoms with Gasteiger partial charge < -0.3 is 78.1 Å². The van der Waals surface area contributed by atoms with E-state index >= 15 is 0 Å². The van der Waals surface area contributed by atoms with E-state index in [1.165, 1.54) is 22.3 Å². The van der Waals surface area contributed by atoms with Gasteiger partial charge in [0.2, 0.25) is 17.7 Å². The standard InChI is InChI=1S/C22H36O3.C21H35NO3.C21H34O3.C20H33NO3.C17H35NO3.C15H31NO3/c1-18(2)12-14-25-16-15-24-13-6-5-7-22(23)17-20-8-10-21(11-9-20)19(3)4;1-17(2)12-14-25-16-15-24-13-6-5-7-21(23)22-20-10-8-19(9-11-20)18(3)4;1-17(2)11-13-24-15-14-23-12-5-6-21(22)16-19-7-9-20(10-8-19)18(3)4;1-16(2)9-11-23-13-14-24-12-10-20(22)21-15-18-5-7-19(8-6-18)17(3)4;1-15(2)6-5-7-17(19)14-18-9-11-21-13-12-20-10-8-16(3)4;1-13(2)5-6-15(17)16-8-10-19-12-11-18-9-7-14(3)4/h8-11,18-19H,5-7,12-17H2,1-4H3;8-11,17-18H,5-7,12-16H2,1-4H3,(H,22,23);7-10,17-18H,5-6,11-16H2,1-4H3;5-8,16-17H,9-15H2,1-4H3,(H,21,22);15-16,18H,5-14H2,1-4H3;13-14H,5-12H2,1-4H3,(H,16,17). The van der Waals surface area contributed by atoms with Crippen LogP contribution in [0.25, 0.3) is 0 Å². The highest BCUT2D eigenvalue weighted by molar-refractivity contribution is 5.90. The van der Waals surface area contributed by atoms with Crippen molar-refractivity contribution in [3.05, 3.63) is 136 Å². The smallest absolute Gasteiger partial charge is 0.224 e. The molecule has 0 aliphatic heterocycles. The summed E-state index contributed by atoms with van der Waals surface area (Å²) in [7, 11) is 0. The number of carbonyl (C=O) groups is 6. The summed E-state index contributed by atoms with van der Waals surface area (Å²) >= 11 is 0. The van der Waals surface area contributed by atoms with Crippen LogP contribution in [0, 0.1) is 47.3 Å². The van der Waals surface area contributed by atoms with E-state index in [1.807, 2.05) is 12.1 Å². The fourth-order valence-electron chi connectivity index (χ4n) is 12.5. The van der Waals surface area contributed by atoms with Crippen molar-refractivity contribution in [3.63, 3.8) is 0 Å². The minimum Gasteiger partial charge on any atom is -0.379 e. The van der Waals surface area contributed by atoms with Crippen LogP contribution >= 0.6 is 0 Å². The van der Waals surface area contributed by atoms with Gasteiger partial charge in [-0.05, 0) is 206 Å². The molecule has 0 aliphatic rings. The third-order valence-corrected chi connectivity index (χ3v) is 22.0. The van der Waals surface area contributed by atoms with Crippen LogP contribution in [-0.4, -0.2) is 213 Å². The normalized spacial score (nSPS) is 11.4. The summed E-state index contributed by atoms with van der Waals surface area (Å²) in [6.07, 6.45) is 18.5. The highest BCUT2D eigenvalue weighted by Gasteiger charge is 2.13. The molecule has 4 rings (SSSR count). The summed E-state index contributed by atoms with van der Waals surface area (Å²) in [5.74, 6) is 8.52. The molecule has 4 aromatic rings. The largest absolute Gasteiger partial charge is 0.379 e. The van der Waals surface area contributed by atoms with Gasteiger partial charge in [0, 0.05) is 136 Å². The molecule has 4 aromatic carbocycles. The number of unbranched alkanes of at least 4 members (excludes halogenated alkanes) is 2. The summed E-state index contributed by atoms with van der Waals surface area (Å²) in [5.41, 5.74) is 9.43. The molecule has 0 atom stereocenters. The SMILES string of the molecule is CC(C)CCCC(=O)CNCCOCCOCCC(C)C.CC(C)CCOCCOCCC(=O)NCc1ccc(C(C)C)cc1.CC(C)CCOCCOCCCC(=O)Cc1ccc(C(C)C)cc1.CC(C)CCOCCOCCCCC(=O)Cc1ccc(C(C)C)cc1.CC(C)CCOCCOCCCCC(=O)Nc1ccc(C(C)C)cc1.CC(C)CCOCCOCCNC(=O)CCC(C)C. The Bertz CT molecular complexity index is 3350. The molecule has 0 bridgehead atoms. The lowest BCUT2D eigenvalue weighted by atomic mass is 9.99. The molecule has 22 heteroatoms. The summed E-state index contributed by atoms with van der Waals surface area (Å²) in [6.45, 7) is 70.5. The van der Waals surface area contributed by atoms with E-state index in [-0.39, 0.29) is 23.5 Å². The van der Waals surface area contributed by atoms with Crippen LogP contribution in [0.5, 0.6) is 0 Å². The average Bonchev–Trinajstić information content (AvgIpc) is 0.904. The summed E-state index contributed by atoms with van der Waals surface area (Å²) in [4.78, 5) is 70.7. The Labute approximate surface area is 842 Å². The predicted octanol–water partition coefficient (Wildman–Crippen LogP) is 24.5. The Kier molecular flexibility index (Phi) is 90.3. The van der Waals surface area contributed by atoms with Crippen LogP contribution in [0.4, 0.5) is 5.69 Å². The zero-order valence-electron chi connectivity index (χ0n) is 91.9. The van der Waals surface area contributed by atoms with Crippen LogP contribution in [-0.2, 0) is 105 Å². The molecule has 0 aromatic heterocycles. The van der Waals surface area contributed by atoms with Crippen LogP contribution in [0.2, 0.25) is 0 Å². The van der Waals surface area contributed by atoms with Gasteiger partial charge in [-0.3, -0.25) is 28.8 Å². The lowest BCUT2D eigenvalue weighted by Crippen LogP contribution is -2.27. The van der Waals surface area contributed by atoms with Gasteiger partial charge in [-0.15, -0.1) is 0 Å². The zero-order chi connectivity index (χ0) is 103. The van der Waals surface area contributed by atoms with E-state index in [4.69, 9.17) is 56.8 Å². The summed E-state index contributed by atoms with van der Waals surface area (Å²) in [5, 5.41) is 11.8. The number of benzene rings is 4. The van der Waals surface area contributed by atoms with Crippen LogP contribution in [0.3, 0.4) is 0 Å². The number of nitrogens with one attached hydrogen (secondary N) is 4. The maximum absolute atomic E-state index is 12.0. The van der Waals surface area contributed by atoms with E-state index in [1.54, 1.807) is 0 Å². The van der Waals surface area contributed by atoms with Gasteiger partial charge in [0.25, 0.3) is 0 Å². The van der Waals surface area contributed by atoms with Crippen molar-refractivity contribution in [2.45, 2.75) is 338 Å². The van der Waals surface area contributed by atoms with Gasteiger partial charge in [-0.2, -0.15) is 0 Å². The quantitative estimate of drug-likeness (QED) is 0.0299. The number of ether oxygens (including phenoxy) is 12. The fourth-order valence-corrected chi connectivity index (χ4v) is 12.5. The zero-order valence-corrected chi connectivity index (χ0v) is 91.9. The number of anilines is 1. The van der Waals surface area contributed by atoms with Crippen molar-refractivity contribution in [2.24, 2.45) is 47.3 Å². The second-order valence-corrected chi connectivity index (χ2v) is 40.7.